The van der Waals surface area contributed by atoms with Gasteiger partial charge in [0.1, 0.15) is 6.04 Å². The molecule has 1 aliphatic rings. The smallest absolute Gasteiger partial charge is 0.336 e. The highest BCUT2D eigenvalue weighted by Gasteiger charge is 2.35. The average molecular weight is 650 g/mol. The molecule has 0 saturated carbocycles. The van der Waals surface area contributed by atoms with Crippen molar-refractivity contribution in [3.63, 3.8) is 0 Å². The van der Waals surface area contributed by atoms with Gasteiger partial charge < -0.3 is 9.80 Å². The molecule has 0 aliphatic carbocycles. The summed E-state index contributed by atoms with van der Waals surface area (Å²) < 4.78 is 41.0. The minimum Gasteiger partial charge on any atom is -0.336 e. The number of carbonyl (C=O) groups excluding carboxylic acids is 2. The molecule has 5 aromatic rings. The Morgan fingerprint density at radius 2 is 1.65 bits per heavy atom. The minimum absolute atomic E-state index is 0.117. The summed E-state index contributed by atoms with van der Waals surface area (Å²) in [6.45, 7) is 1.05. The van der Waals surface area contributed by atoms with Gasteiger partial charge in [-0.2, -0.15) is 18.3 Å². The van der Waals surface area contributed by atoms with Gasteiger partial charge in [-0.15, -0.1) is 0 Å². The molecule has 6 rings (SSSR count). The van der Waals surface area contributed by atoms with Crippen LogP contribution in [0.5, 0.6) is 0 Å². The largest absolute Gasteiger partial charge is 0.416 e. The third-order valence-corrected chi connectivity index (χ3v) is 8.48. The van der Waals surface area contributed by atoms with Crippen LogP contribution in [0.1, 0.15) is 33.5 Å². The van der Waals surface area contributed by atoms with E-state index in [0.717, 1.165) is 34.5 Å². The van der Waals surface area contributed by atoms with Crippen molar-refractivity contribution in [3.8, 4) is 11.3 Å². The van der Waals surface area contributed by atoms with Gasteiger partial charge in [0.2, 0.25) is 11.8 Å². The molecule has 10 heteroatoms. The van der Waals surface area contributed by atoms with Crippen molar-refractivity contribution < 1.29 is 22.8 Å². The van der Waals surface area contributed by atoms with Gasteiger partial charge in [0.25, 0.3) is 0 Å². The summed E-state index contributed by atoms with van der Waals surface area (Å²) >= 11 is 0. The molecule has 244 valence electrons. The summed E-state index contributed by atoms with van der Waals surface area (Å²) in [5.41, 5.74) is 5.10. The van der Waals surface area contributed by atoms with E-state index in [1.807, 2.05) is 66.7 Å². The summed E-state index contributed by atoms with van der Waals surface area (Å²) in [6, 6.07) is 26.9. The van der Waals surface area contributed by atoms with E-state index in [1.165, 1.54) is 34.7 Å². The van der Waals surface area contributed by atoms with Crippen LogP contribution in [0, 0.1) is 0 Å². The molecule has 1 atom stereocenters. The number of benzene rings is 3. The Labute approximate surface area is 277 Å². The molecule has 0 bridgehead atoms. The molecular weight excluding hydrogens is 615 g/mol. The fraction of sp³-hybridized carbons (Fsp3) is 0.211. The van der Waals surface area contributed by atoms with Crippen LogP contribution in [0.2, 0.25) is 0 Å². The van der Waals surface area contributed by atoms with E-state index in [-0.39, 0.29) is 18.9 Å². The highest BCUT2D eigenvalue weighted by Crippen LogP contribution is 2.29. The first-order valence-electron chi connectivity index (χ1n) is 15.6. The molecule has 1 aliphatic heterocycles. The first kappa shape index (κ1) is 32.4. The highest BCUT2D eigenvalue weighted by molar-refractivity contribution is 5.95. The zero-order valence-electron chi connectivity index (χ0n) is 26.3. The van der Waals surface area contributed by atoms with Gasteiger partial charge in [-0.3, -0.25) is 19.3 Å². The maximum absolute atomic E-state index is 14.5. The number of pyridine rings is 1. The van der Waals surface area contributed by atoms with Crippen molar-refractivity contribution >= 4 is 17.9 Å². The molecule has 3 aromatic carbocycles. The van der Waals surface area contributed by atoms with Crippen LogP contribution < -0.4 is 0 Å². The van der Waals surface area contributed by atoms with Gasteiger partial charge in [0.15, 0.2) is 0 Å². The quantitative estimate of drug-likeness (QED) is 0.166. The summed E-state index contributed by atoms with van der Waals surface area (Å²) in [6.07, 6.45) is 2.72. The Morgan fingerprint density at radius 3 is 2.31 bits per heavy atom. The molecule has 2 amide bonds. The number of rotatable bonds is 9. The summed E-state index contributed by atoms with van der Waals surface area (Å²) in [5, 5.41) is 4.52. The predicted molar refractivity (Wildman–Crippen MR) is 177 cm³/mol. The molecule has 0 N–H and O–H groups in total. The van der Waals surface area contributed by atoms with Gasteiger partial charge in [-0.1, -0.05) is 66.7 Å². The molecule has 0 radical (unpaired) electrons. The molecule has 0 spiro atoms. The summed E-state index contributed by atoms with van der Waals surface area (Å²) in [5.74, 6) is -0.646. The predicted octanol–water partition coefficient (Wildman–Crippen LogP) is 6.74. The number of fused-ring (bicyclic) bond motifs is 1. The van der Waals surface area contributed by atoms with Crippen LogP contribution in [0.3, 0.4) is 0 Å². The molecule has 3 heterocycles. The maximum atomic E-state index is 14.5. The second-order valence-corrected chi connectivity index (χ2v) is 11.8. The van der Waals surface area contributed by atoms with E-state index in [0.29, 0.717) is 30.8 Å². The maximum Gasteiger partial charge on any atom is 0.416 e. The van der Waals surface area contributed by atoms with Crippen molar-refractivity contribution in [1.29, 1.82) is 0 Å². The summed E-state index contributed by atoms with van der Waals surface area (Å²) in [7, 11) is 1.79. The number of aryl methyl sites for hydroxylation is 1. The number of amides is 2. The Balaban J connectivity index is 1.33. The third-order valence-electron chi connectivity index (χ3n) is 8.48. The fourth-order valence-electron chi connectivity index (χ4n) is 5.89. The Bertz CT molecular complexity index is 1900. The fourth-order valence-corrected chi connectivity index (χ4v) is 5.89. The first-order valence-corrected chi connectivity index (χ1v) is 15.6. The second-order valence-electron chi connectivity index (χ2n) is 11.8. The lowest BCUT2D eigenvalue weighted by molar-refractivity contribution is -0.144. The van der Waals surface area contributed by atoms with Gasteiger partial charge in [-0.25, -0.2) is 0 Å². The Kier molecular flexibility index (Phi) is 9.52. The molecule has 0 saturated heterocycles. The van der Waals surface area contributed by atoms with Crippen LogP contribution in [-0.2, 0) is 48.7 Å². The van der Waals surface area contributed by atoms with E-state index >= 15 is 0 Å². The van der Waals surface area contributed by atoms with Gasteiger partial charge in [0.05, 0.1) is 17.0 Å². The van der Waals surface area contributed by atoms with Crippen LogP contribution >= 0.6 is 0 Å². The standard InChI is InChI=1S/C38H34F3N5O2/c1-44-22-20-33(43-44)24-35(37(48)45-23-19-29-6-2-3-7-31(29)26-45)46(25-28-9-14-30(15-10-28)34-8-4-5-21-42-34)36(47)18-13-27-11-16-32(17-12-27)38(39,40)41/h2-18,20-22,35H,19,23-26H2,1H3/b18-13+. The van der Waals surface area contributed by atoms with E-state index in [4.69, 9.17) is 0 Å². The van der Waals surface area contributed by atoms with Gasteiger partial charge >= 0.3 is 6.18 Å². The topological polar surface area (TPSA) is 71.3 Å². The third kappa shape index (κ3) is 7.71. The number of alkyl halides is 3. The molecular formula is C38H34F3N5O2. The zero-order chi connectivity index (χ0) is 33.7. The average Bonchev–Trinajstić information content (AvgIpc) is 3.52. The van der Waals surface area contributed by atoms with Crippen LogP contribution in [-0.4, -0.2) is 49.0 Å². The monoisotopic (exact) mass is 649 g/mol. The summed E-state index contributed by atoms with van der Waals surface area (Å²) in [4.78, 5) is 36.3. The van der Waals surface area contributed by atoms with Crippen molar-refractivity contribution in [2.24, 2.45) is 7.05 Å². The number of hydrogen-bond donors (Lipinski definition) is 0. The second kappa shape index (κ2) is 14.1. The van der Waals surface area contributed by atoms with E-state index in [1.54, 1.807) is 29.0 Å². The minimum atomic E-state index is -4.46. The van der Waals surface area contributed by atoms with E-state index < -0.39 is 23.7 Å². The molecule has 48 heavy (non-hydrogen) atoms. The normalized spacial score (nSPS) is 13.7. The highest BCUT2D eigenvalue weighted by atomic mass is 19.4. The molecule has 2 aromatic heterocycles. The Morgan fingerprint density at radius 1 is 0.917 bits per heavy atom. The molecule has 0 fully saturated rings. The van der Waals surface area contributed by atoms with Crippen molar-refractivity contribution in [2.75, 3.05) is 6.54 Å². The SMILES string of the molecule is Cn1ccc(CC(C(=O)N2CCc3ccccc3C2)N(Cc2ccc(-c3ccccn3)cc2)C(=O)/C=C/c2ccc(C(F)(F)F)cc2)n1. The van der Waals surface area contributed by atoms with Crippen LogP contribution in [0.15, 0.2) is 116 Å². The molecule has 1 unspecified atom stereocenters. The van der Waals surface area contributed by atoms with Crippen molar-refractivity contribution in [3.05, 3.63) is 149 Å². The number of hydrogen-bond acceptors (Lipinski definition) is 4. The lowest BCUT2D eigenvalue weighted by atomic mass is 9.98. The Hall–Kier alpha value is -5.51. The zero-order valence-corrected chi connectivity index (χ0v) is 26.3. The van der Waals surface area contributed by atoms with Crippen LogP contribution in [0.4, 0.5) is 13.2 Å². The van der Waals surface area contributed by atoms with E-state index in [9.17, 15) is 22.8 Å². The number of carbonyl (C=O) groups is 2. The first-order chi connectivity index (χ1) is 23.1. The van der Waals surface area contributed by atoms with Crippen molar-refractivity contribution in [2.45, 2.75) is 38.1 Å². The van der Waals surface area contributed by atoms with Crippen molar-refractivity contribution in [1.82, 2.24) is 24.6 Å². The number of nitrogens with zero attached hydrogens (tertiary/aromatic N) is 5. The van der Waals surface area contributed by atoms with Gasteiger partial charge in [0, 0.05) is 57.1 Å². The number of aromatic nitrogens is 3. The van der Waals surface area contributed by atoms with Crippen LogP contribution in [0.25, 0.3) is 17.3 Å². The lowest BCUT2D eigenvalue weighted by Gasteiger charge is -2.36. The van der Waals surface area contributed by atoms with E-state index in [2.05, 4.69) is 16.1 Å². The molecule has 7 nitrogen and oxygen atoms in total. The number of halogens is 3. The van der Waals surface area contributed by atoms with Gasteiger partial charge in [-0.05, 0) is 65.1 Å². The lowest BCUT2D eigenvalue weighted by Crippen LogP contribution is -2.52.